The van der Waals surface area contributed by atoms with E-state index in [2.05, 4.69) is 28.0 Å². The van der Waals surface area contributed by atoms with Crippen LogP contribution in [0.15, 0.2) is 52.5 Å². The number of fused-ring (bicyclic) bond motifs is 2. The summed E-state index contributed by atoms with van der Waals surface area (Å²) in [6.07, 6.45) is 7.22. The number of likely N-dealkylation sites (N-methyl/N-ethyl adjacent to an activating group) is 1. The van der Waals surface area contributed by atoms with Gasteiger partial charge in [0.1, 0.15) is 11.4 Å². The second kappa shape index (κ2) is 6.46. The molecule has 0 saturated heterocycles. The number of benzene rings is 1. The Labute approximate surface area is 163 Å². The number of ether oxygens (including phenoxy) is 1. The summed E-state index contributed by atoms with van der Waals surface area (Å²) >= 11 is 0. The van der Waals surface area contributed by atoms with Gasteiger partial charge in [0.15, 0.2) is 0 Å². The molecule has 1 N–H and O–H groups in total. The number of hydrogen-bond donors (Lipinski definition) is 1. The topological polar surface area (TPSA) is 75.3 Å². The van der Waals surface area contributed by atoms with Gasteiger partial charge in [-0.25, -0.2) is 13.4 Å². The Morgan fingerprint density at radius 3 is 2.93 bits per heavy atom. The van der Waals surface area contributed by atoms with E-state index in [4.69, 9.17) is 4.74 Å². The van der Waals surface area contributed by atoms with E-state index in [0.717, 1.165) is 48.4 Å². The van der Waals surface area contributed by atoms with E-state index in [9.17, 15) is 8.42 Å². The van der Waals surface area contributed by atoms with Gasteiger partial charge < -0.3 is 14.6 Å². The molecule has 0 radical (unpaired) electrons. The van der Waals surface area contributed by atoms with Crippen LogP contribution in [0.4, 0.5) is 0 Å². The lowest BCUT2D eigenvalue weighted by molar-refractivity contribution is 0.356. The lowest BCUT2D eigenvalue weighted by Crippen LogP contribution is -2.23. The minimum Gasteiger partial charge on any atom is -0.493 e. The van der Waals surface area contributed by atoms with Gasteiger partial charge in [0.05, 0.1) is 16.4 Å². The van der Waals surface area contributed by atoms with Gasteiger partial charge in [-0.1, -0.05) is 6.08 Å². The fourth-order valence-electron chi connectivity index (χ4n) is 3.98. The zero-order valence-corrected chi connectivity index (χ0v) is 16.4. The molecule has 0 spiro atoms. The van der Waals surface area contributed by atoms with E-state index in [-0.39, 0.29) is 0 Å². The van der Waals surface area contributed by atoms with Gasteiger partial charge in [-0.15, -0.1) is 0 Å². The van der Waals surface area contributed by atoms with Crippen LogP contribution in [-0.2, 0) is 16.3 Å². The Morgan fingerprint density at radius 2 is 2.11 bits per heavy atom. The number of nitrogens with one attached hydrogen (secondary N) is 1. The predicted octanol–water partition coefficient (Wildman–Crippen LogP) is 3.05. The molecule has 2 aliphatic heterocycles. The van der Waals surface area contributed by atoms with Crippen molar-refractivity contribution in [2.24, 2.45) is 0 Å². The maximum atomic E-state index is 13.5. The first-order chi connectivity index (χ1) is 13.5. The number of nitrogens with zero attached hydrogens (tertiary/aromatic N) is 2. The number of hydrogen-bond acceptors (Lipinski definition) is 5. The van der Waals surface area contributed by atoms with E-state index in [1.54, 1.807) is 30.5 Å². The van der Waals surface area contributed by atoms with Crippen LogP contribution >= 0.6 is 0 Å². The van der Waals surface area contributed by atoms with Crippen LogP contribution in [0.5, 0.6) is 5.75 Å². The molecule has 0 atom stereocenters. The molecule has 5 rings (SSSR count). The first kappa shape index (κ1) is 17.5. The molecule has 144 valence electrons. The van der Waals surface area contributed by atoms with Crippen molar-refractivity contribution in [3.05, 3.63) is 53.9 Å². The number of pyridine rings is 1. The maximum Gasteiger partial charge on any atom is 0.207 e. The van der Waals surface area contributed by atoms with Gasteiger partial charge in [-0.05, 0) is 48.9 Å². The van der Waals surface area contributed by atoms with Gasteiger partial charge in [-0.3, -0.25) is 0 Å². The Hall–Kier alpha value is -2.64. The van der Waals surface area contributed by atoms with Crippen LogP contribution < -0.4 is 4.74 Å². The largest absolute Gasteiger partial charge is 0.493 e. The smallest absolute Gasteiger partial charge is 0.207 e. The van der Waals surface area contributed by atoms with Crippen molar-refractivity contribution in [2.45, 2.75) is 22.6 Å². The summed E-state index contributed by atoms with van der Waals surface area (Å²) in [6.45, 7) is 2.41. The van der Waals surface area contributed by atoms with Crippen LogP contribution in [0.25, 0.3) is 16.6 Å². The van der Waals surface area contributed by atoms with Crippen molar-refractivity contribution >= 4 is 26.4 Å². The molecule has 6 nitrogen and oxygen atoms in total. The molecule has 2 aliphatic rings. The van der Waals surface area contributed by atoms with Crippen molar-refractivity contribution < 1.29 is 13.2 Å². The summed E-state index contributed by atoms with van der Waals surface area (Å²) in [5.41, 5.74) is 3.63. The third kappa shape index (κ3) is 2.73. The average molecular weight is 395 g/mol. The van der Waals surface area contributed by atoms with Gasteiger partial charge in [0, 0.05) is 42.9 Å². The van der Waals surface area contributed by atoms with Crippen LogP contribution in [-0.4, -0.2) is 50.0 Å². The molecule has 3 aromatic rings. The van der Waals surface area contributed by atoms with Crippen molar-refractivity contribution in [3.8, 4) is 5.75 Å². The van der Waals surface area contributed by atoms with E-state index < -0.39 is 9.84 Å². The SMILES string of the molecule is CN1CC=C(c2c[nH]c3nccc(S(=O)(=O)c4ccc5c(c4)CCO5)c23)CC1. The van der Waals surface area contributed by atoms with E-state index in [0.29, 0.717) is 27.4 Å². The Kier molecular flexibility index (Phi) is 4.03. The standard InChI is InChI=1S/C21H21N3O3S/c1-24-9-5-14(6-10-24)17-13-23-21-20(17)19(4-8-22-21)28(25,26)16-2-3-18-15(12-16)7-11-27-18/h2-5,8,12-13H,6-7,9-11H2,1H3,(H,22,23). The summed E-state index contributed by atoms with van der Waals surface area (Å²) in [7, 11) is -1.60. The van der Waals surface area contributed by atoms with E-state index >= 15 is 0 Å². The van der Waals surface area contributed by atoms with Gasteiger partial charge in [0.25, 0.3) is 0 Å². The molecule has 0 bridgehead atoms. The molecular weight excluding hydrogens is 374 g/mol. The zero-order valence-electron chi connectivity index (χ0n) is 15.6. The molecule has 1 aromatic carbocycles. The highest BCUT2D eigenvalue weighted by molar-refractivity contribution is 7.91. The van der Waals surface area contributed by atoms with Crippen molar-refractivity contribution in [3.63, 3.8) is 0 Å². The molecule has 2 aromatic heterocycles. The number of aromatic nitrogens is 2. The molecule has 7 heteroatoms. The molecule has 28 heavy (non-hydrogen) atoms. The number of sulfone groups is 1. The number of aromatic amines is 1. The second-order valence-electron chi connectivity index (χ2n) is 7.35. The van der Waals surface area contributed by atoms with Crippen LogP contribution in [0.1, 0.15) is 17.5 Å². The minimum absolute atomic E-state index is 0.299. The predicted molar refractivity (Wildman–Crippen MR) is 107 cm³/mol. The normalized spacial score (nSPS) is 17.4. The molecule has 0 saturated carbocycles. The summed E-state index contributed by atoms with van der Waals surface area (Å²) in [4.78, 5) is 10.3. The monoisotopic (exact) mass is 395 g/mol. The van der Waals surface area contributed by atoms with Crippen LogP contribution in [0.3, 0.4) is 0 Å². The Bertz CT molecular complexity index is 1210. The fraction of sp³-hybridized carbons (Fsp3) is 0.286. The van der Waals surface area contributed by atoms with Gasteiger partial charge in [-0.2, -0.15) is 0 Å². The summed E-state index contributed by atoms with van der Waals surface area (Å²) in [5, 5.41) is 0.676. The molecule has 0 unspecified atom stereocenters. The number of rotatable bonds is 3. The first-order valence-electron chi connectivity index (χ1n) is 9.39. The molecule has 0 fully saturated rings. The highest BCUT2D eigenvalue weighted by Crippen LogP contribution is 2.36. The third-order valence-corrected chi connectivity index (χ3v) is 7.35. The Balaban J connectivity index is 1.67. The quantitative estimate of drug-likeness (QED) is 0.738. The first-order valence-corrected chi connectivity index (χ1v) is 10.9. The lowest BCUT2D eigenvalue weighted by Gasteiger charge is -2.22. The number of H-pyrrole nitrogens is 1. The third-order valence-electron chi connectivity index (χ3n) is 5.55. The highest BCUT2D eigenvalue weighted by Gasteiger charge is 2.26. The summed E-state index contributed by atoms with van der Waals surface area (Å²) in [6, 6.07) is 6.73. The van der Waals surface area contributed by atoms with E-state index in [1.165, 1.54) is 0 Å². The molecular formula is C21H21N3O3S. The summed E-state index contributed by atoms with van der Waals surface area (Å²) < 4.78 is 32.6. The molecule has 4 heterocycles. The Morgan fingerprint density at radius 1 is 1.21 bits per heavy atom. The van der Waals surface area contributed by atoms with Gasteiger partial charge in [0.2, 0.25) is 9.84 Å². The van der Waals surface area contributed by atoms with Crippen molar-refractivity contribution in [2.75, 3.05) is 26.7 Å². The molecule has 0 amide bonds. The van der Waals surface area contributed by atoms with Crippen molar-refractivity contribution in [1.29, 1.82) is 0 Å². The minimum atomic E-state index is -3.68. The molecule has 0 aliphatic carbocycles. The van der Waals surface area contributed by atoms with Crippen molar-refractivity contribution in [1.82, 2.24) is 14.9 Å². The average Bonchev–Trinajstić information content (AvgIpc) is 3.34. The van der Waals surface area contributed by atoms with E-state index in [1.807, 2.05) is 6.20 Å². The van der Waals surface area contributed by atoms with Gasteiger partial charge >= 0.3 is 0 Å². The second-order valence-corrected chi connectivity index (χ2v) is 9.27. The van der Waals surface area contributed by atoms with Crippen LogP contribution in [0.2, 0.25) is 0 Å². The lowest BCUT2D eigenvalue weighted by atomic mass is 10.00. The zero-order chi connectivity index (χ0) is 19.3. The fourth-order valence-corrected chi connectivity index (χ4v) is 5.49. The maximum absolute atomic E-state index is 13.5. The highest BCUT2D eigenvalue weighted by atomic mass is 32.2. The van der Waals surface area contributed by atoms with Crippen LogP contribution in [0, 0.1) is 0 Å². The summed E-state index contributed by atoms with van der Waals surface area (Å²) in [5.74, 6) is 0.776.